The first-order valence-electron chi connectivity index (χ1n) is 10.5. The molecule has 1 amide bonds. The first-order chi connectivity index (χ1) is 13.3. The van der Waals surface area contributed by atoms with Gasteiger partial charge in [0.1, 0.15) is 0 Å². The maximum atomic E-state index is 13.0. The Balaban J connectivity index is 1.20. The van der Waals surface area contributed by atoms with Gasteiger partial charge in [-0.25, -0.2) is 0 Å². The van der Waals surface area contributed by atoms with Crippen molar-refractivity contribution in [1.82, 2.24) is 19.7 Å². The molecule has 0 atom stereocenters. The molecule has 6 heteroatoms. The molecule has 4 heterocycles. The molecular weight excluding hydrogens is 340 g/mol. The van der Waals surface area contributed by atoms with E-state index in [1.165, 1.54) is 0 Å². The number of piperazine rings is 1. The van der Waals surface area contributed by atoms with Crippen molar-refractivity contribution in [3.63, 3.8) is 0 Å². The van der Waals surface area contributed by atoms with Crippen LogP contribution in [0.2, 0.25) is 0 Å². The largest absolute Gasteiger partial charge is 0.381 e. The number of nitrogens with zero attached hydrogens (tertiary/aromatic N) is 4. The average Bonchev–Trinajstić information content (AvgIpc) is 2.75. The molecule has 0 bridgehead atoms. The highest BCUT2D eigenvalue weighted by Gasteiger charge is 2.32. The van der Waals surface area contributed by atoms with E-state index < -0.39 is 0 Å². The van der Waals surface area contributed by atoms with Gasteiger partial charge in [0, 0.05) is 64.1 Å². The number of hydrogen-bond donors (Lipinski definition) is 0. The van der Waals surface area contributed by atoms with E-state index in [-0.39, 0.29) is 5.92 Å². The highest BCUT2D eigenvalue weighted by molar-refractivity contribution is 5.79. The second-order valence-electron chi connectivity index (χ2n) is 8.08. The van der Waals surface area contributed by atoms with Crippen molar-refractivity contribution < 1.29 is 9.53 Å². The van der Waals surface area contributed by atoms with Crippen LogP contribution < -0.4 is 0 Å². The Morgan fingerprint density at radius 1 is 1.00 bits per heavy atom. The van der Waals surface area contributed by atoms with Gasteiger partial charge in [0.25, 0.3) is 0 Å². The van der Waals surface area contributed by atoms with Gasteiger partial charge in [-0.3, -0.25) is 14.7 Å². The zero-order valence-electron chi connectivity index (χ0n) is 16.3. The summed E-state index contributed by atoms with van der Waals surface area (Å²) in [7, 11) is 0. The fourth-order valence-electron chi connectivity index (χ4n) is 4.67. The van der Waals surface area contributed by atoms with Gasteiger partial charge in [-0.2, -0.15) is 0 Å². The number of amides is 1. The Kier molecular flexibility index (Phi) is 6.37. The summed E-state index contributed by atoms with van der Waals surface area (Å²) in [6.07, 6.45) is 6.18. The molecule has 3 fully saturated rings. The molecule has 3 aliphatic heterocycles. The number of likely N-dealkylation sites (tertiary alicyclic amines) is 1. The van der Waals surface area contributed by atoms with Crippen LogP contribution in [0.5, 0.6) is 0 Å². The number of ether oxygens (including phenoxy) is 1. The molecule has 0 aliphatic carbocycles. The topological polar surface area (TPSA) is 48.9 Å². The second kappa shape index (κ2) is 9.13. The molecule has 0 spiro atoms. The fourth-order valence-corrected chi connectivity index (χ4v) is 4.67. The molecule has 0 unspecified atom stereocenters. The quantitative estimate of drug-likeness (QED) is 0.804. The molecule has 3 aliphatic rings. The van der Waals surface area contributed by atoms with Gasteiger partial charge < -0.3 is 14.5 Å². The first kappa shape index (κ1) is 18.8. The molecule has 0 N–H and O–H groups in total. The third-order valence-electron chi connectivity index (χ3n) is 6.38. The SMILES string of the molecule is O=C(C1CCN(C2CCOCC2)CC1)N1CCN(Cc2ccccn2)CC1. The van der Waals surface area contributed by atoms with Gasteiger partial charge in [-0.15, -0.1) is 0 Å². The number of carbonyl (C=O) groups excluding carboxylic acids is 1. The lowest BCUT2D eigenvalue weighted by molar-refractivity contribution is -0.139. The smallest absolute Gasteiger partial charge is 0.225 e. The number of rotatable bonds is 4. The number of piperidine rings is 1. The van der Waals surface area contributed by atoms with Crippen LogP contribution in [0.4, 0.5) is 0 Å². The van der Waals surface area contributed by atoms with E-state index in [2.05, 4.69) is 25.8 Å². The van der Waals surface area contributed by atoms with E-state index in [1.807, 2.05) is 18.3 Å². The molecular formula is C21H32N4O2. The lowest BCUT2D eigenvalue weighted by Crippen LogP contribution is -2.52. The monoisotopic (exact) mass is 372 g/mol. The van der Waals surface area contributed by atoms with Gasteiger partial charge in [-0.05, 0) is 50.9 Å². The van der Waals surface area contributed by atoms with Crippen molar-refractivity contribution in [3.05, 3.63) is 30.1 Å². The molecule has 4 rings (SSSR count). The maximum Gasteiger partial charge on any atom is 0.225 e. The minimum absolute atomic E-state index is 0.225. The number of pyridine rings is 1. The van der Waals surface area contributed by atoms with Gasteiger partial charge in [0.2, 0.25) is 5.91 Å². The van der Waals surface area contributed by atoms with Gasteiger partial charge >= 0.3 is 0 Å². The van der Waals surface area contributed by atoms with Crippen molar-refractivity contribution in [3.8, 4) is 0 Å². The zero-order valence-corrected chi connectivity index (χ0v) is 16.3. The predicted octanol–water partition coefficient (Wildman–Crippen LogP) is 1.62. The summed E-state index contributed by atoms with van der Waals surface area (Å²) in [6.45, 7) is 8.41. The van der Waals surface area contributed by atoms with Crippen LogP contribution >= 0.6 is 0 Å². The summed E-state index contributed by atoms with van der Waals surface area (Å²) < 4.78 is 5.48. The van der Waals surface area contributed by atoms with Gasteiger partial charge in [0.15, 0.2) is 0 Å². The standard InChI is InChI=1S/C21H32N4O2/c26-21(18-4-9-24(10-5-18)20-6-15-27-16-7-20)25-13-11-23(12-14-25)17-19-3-1-2-8-22-19/h1-3,8,18,20H,4-7,9-17H2. The number of hydrogen-bond acceptors (Lipinski definition) is 5. The second-order valence-corrected chi connectivity index (χ2v) is 8.08. The lowest BCUT2D eigenvalue weighted by Gasteiger charge is -2.41. The zero-order chi connectivity index (χ0) is 18.5. The van der Waals surface area contributed by atoms with Crippen molar-refractivity contribution >= 4 is 5.91 Å². The number of carbonyl (C=O) groups is 1. The molecule has 27 heavy (non-hydrogen) atoms. The molecule has 0 saturated carbocycles. The van der Waals surface area contributed by atoms with Crippen LogP contribution in [0.25, 0.3) is 0 Å². The fraction of sp³-hybridized carbons (Fsp3) is 0.714. The molecule has 0 radical (unpaired) electrons. The van der Waals surface area contributed by atoms with E-state index in [0.29, 0.717) is 11.9 Å². The molecule has 0 aromatic carbocycles. The Morgan fingerprint density at radius 3 is 2.41 bits per heavy atom. The first-order valence-corrected chi connectivity index (χ1v) is 10.5. The van der Waals surface area contributed by atoms with Crippen LogP contribution in [0, 0.1) is 5.92 Å². The summed E-state index contributed by atoms with van der Waals surface area (Å²) in [4.78, 5) is 24.5. The summed E-state index contributed by atoms with van der Waals surface area (Å²) in [5.74, 6) is 0.613. The highest BCUT2D eigenvalue weighted by Crippen LogP contribution is 2.25. The molecule has 3 saturated heterocycles. The van der Waals surface area contributed by atoms with E-state index >= 15 is 0 Å². The van der Waals surface area contributed by atoms with Gasteiger partial charge in [0.05, 0.1) is 5.69 Å². The Labute approximate surface area is 162 Å². The van der Waals surface area contributed by atoms with E-state index in [1.54, 1.807) is 0 Å². The maximum absolute atomic E-state index is 13.0. The van der Waals surface area contributed by atoms with E-state index in [4.69, 9.17) is 4.74 Å². The molecule has 1 aromatic heterocycles. The van der Waals surface area contributed by atoms with Crippen LogP contribution in [0.3, 0.4) is 0 Å². The van der Waals surface area contributed by atoms with Gasteiger partial charge in [-0.1, -0.05) is 6.07 Å². The van der Waals surface area contributed by atoms with Crippen molar-refractivity contribution in [2.75, 3.05) is 52.5 Å². The van der Waals surface area contributed by atoms with Crippen LogP contribution in [0.1, 0.15) is 31.4 Å². The predicted molar refractivity (Wildman–Crippen MR) is 104 cm³/mol. The summed E-state index contributed by atoms with van der Waals surface area (Å²) in [6, 6.07) is 6.73. The summed E-state index contributed by atoms with van der Waals surface area (Å²) >= 11 is 0. The van der Waals surface area contributed by atoms with E-state index in [9.17, 15) is 4.79 Å². The summed E-state index contributed by atoms with van der Waals surface area (Å²) in [5.41, 5.74) is 1.11. The van der Waals surface area contributed by atoms with E-state index in [0.717, 1.165) is 90.4 Å². The van der Waals surface area contributed by atoms with Crippen molar-refractivity contribution in [1.29, 1.82) is 0 Å². The van der Waals surface area contributed by atoms with Crippen LogP contribution in [-0.4, -0.2) is 84.1 Å². The average molecular weight is 373 g/mol. The van der Waals surface area contributed by atoms with Crippen LogP contribution in [0.15, 0.2) is 24.4 Å². The van der Waals surface area contributed by atoms with Crippen LogP contribution in [-0.2, 0) is 16.1 Å². The Bertz CT molecular complexity index is 589. The third kappa shape index (κ3) is 4.86. The number of aromatic nitrogens is 1. The molecule has 1 aromatic rings. The van der Waals surface area contributed by atoms with Crippen molar-refractivity contribution in [2.45, 2.75) is 38.3 Å². The Morgan fingerprint density at radius 2 is 1.74 bits per heavy atom. The highest BCUT2D eigenvalue weighted by atomic mass is 16.5. The minimum Gasteiger partial charge on any atom is -0.381 e. The molecule has 148 valence electrons. The Hall–Kier alpha value is -1.50. The third-order valence-corrected chi connectivity index (χ3v) is 6.38. The summed E-state index contributed by atoms with van der Waals surface area (Å²) in [5, 5.41) is 0. The van der Waals surface area contributed by atoms with Crippen molar-refractivity contribution in [2.24, 2.45) is 5.92 Å². The lowest BCUT2D eigenvalue weighted by atomic mass is 9.92. The molecule has 6 nitrogen and oxygen atoms in total. The minimum atomic E-state index is 0.225. The normalized spacial score (nSPS) is 24.2.